The van der Waals surface area contributed by atoms with Gasteiger partial charge >= 0.3 is 0 Å². The largest absolute Gasteiger partial charge is 0.490 e. The fourth-order valence-electron chi connectivity index (χ4n) is 3.14. The van der Waals surface area contributed by atoms with Crippen LogP contribution in [0.2, 0.25) is 0 Å². The highest BCUT2D eigenvalue weighted by Crippen LogP contribution is 2.29. The van der Waals surface area contributed by atoms with Crippen LogP contribution in [0.1, 0.15) is 23.6 Å². The zero-order valence-corrected chi connectivity index (χ0v) is 18.7. The summed E-state index contributed by atoms with van der Waals surface area (Å²) in [5.41, 5.74) is 3.73. The zero-order valence-electron chi connectivity index (χ0n) is 18.7. The van der Waals surface area contributed by atoms with Crippen molar-refractivity contribution in [1.82, 2.24) is 5.43 Å². The van der Waals surface area contributed by atoms with Crippen molar-refractivity contribution in [2.75, 3.05) is 6.61 Å². The van der Waals surface area contributed by atoms with E-state index in [1.165, 1.54) is 36.5 Å². The van der Waals surface area contributed by atoms with E-state index in [9.17, 15) is 25.0 Å². The van der Waals surface area contributed by atoms with E-state index in [0.717, 1.165) is 0 Å². The molecule has 3 aromatic rings. The first-order valence-electron chi connectivity index (χ1n) is 10.5. The first-order valence-corrected chi connectivity index (χ1v) is 10.5. The van der Waals surface area contributed by atoms with Crippen molar-refractivity contribution < 1.29 is 24.1 Å². The van der Waals surface area contributed by atoms with Gasteiger partial charge < -0.3 is 9.47 Å². The molecule has 0 aliphatic rings. The van der Waals surface area contributed by atoms with Crippen molar-refractivity contribution in [3.63, 3.8) is 0 Å². The van der Waals surface area contributed by atoms with Crippen LogP contribution in [0.15, 0.2) is 71.8 Å². The van der Waals surface area contributed by atoms with Gasteiger partial charge in [-0.05, 0) is 36.2 Å². The van der Waals surface area contributed by atoms with E-state index in [1.54, 1.807) is 36.4 Å². The molecular weight excluding hydrogens is 456 g/mol. The Morgan fingerprint density at radius 3 is 2.51 bits per heavy atom. The molecule has 0 spiro atoms. The van der Waals surface area contributed by atoms with E-state index < -0.39 is 15.8 Å². The maximum absolute atomic E-state index is 12.2. The number of nitrogens with one attached hydrogen (secondary N) is 1. The summed E-state index contributed by atoms with van der Waals surface area (Å²) in [5, 5.41) is 25.9. The fraction of sp³-hybridized carbons (Fsp3) is 0.167. The van der Waals surface area contributed by atoms with Gasteiger partial charge in [-0.2, -0.15) is 5.10 Å². The van der Waals surface area contributed by atoms with Gasteiger partial charge in [0.25, 0.3) is 11.4 Å². The number of hydrazone groups is 1. The Labute approximate surface area is 200 Å². The van der Waals surface area contributed by atoms with Gasteiger partial charge in [0.05, 0.1) is 29.1 Å². The number of nitro groups is 2. The van der Waals surface area contributed by atoms with Crippen LogP contribution < -0.4 is 14.9 Å². The third-order valence-corrected chi connectivity index (χ3v) is 4.73. The molecule has 0 saturated carbocycles. The Hall–Kier alpha value is -4.80. The van der Waals surface area contributed by atoms with Crippen molar-refractivity contribution in [2.24, 2.45) is 5.10 Å². The lowest BCUT2D eigenvalue weighted by atomic mass is 10.1. The van der Waals surface area contributed by atoms with Crippen LogP contribution in [-0.4, -0.2) is 28.6 Å². The lowest BCUT2D eigenvalue weighted by Gasteiger charge is -2.12. The van der Waals surface area contributed by atoms with E-state index in [-0.39, 0.29) is 30.0 Å². The number of nitrogens with zero attached hydrogens (tertiary/aromatic N) is 3. The maximum atomic E-state index is 12.2. The summed E-state index contributed by atoms with van der Waals surface area (Å²) in [6.07, 6.45) is 1.22. The third kappa shape index (κ3) is 7.09. The second-order valence-corrected chi connectivity index (χ2v) is 7.21. The Morgan fingerprint density at radius 2 is 1.77 bits per heavy atom. The molecule has 1 N–H and O–H groups in total. The van der Waals surface area contributed by atoms with Crippen LogP contribution in [0.25, 0.3) is 0 Å². The van der Waals surface area contributed by atoms with Gasteiger partial charge in [0.1, 0.15) is 6.61 Å². The minimum absolute atomic E-state index is 0.0217. The highest BCUT2D eigenvalue weighted by Gasteiger charge is 2.15. The van der Waals surface area contributed by atoms with Gasteiger partial charge in [0.2, 0.25) is 5.91 Å². The van der Waals surface area contributed by atoms with E-state index in [0.29, 0.717) is 29.2 Å². The van der Waals surface area contributed by atoms with Crippen molar-refractivity contribution in [2.45, 2.75) is 20.0 Å². The number of ether oxygens (including phenoxy) is 2. The zero-order chi connectivity index (χ0) is 25.2. The van der Waals surface area contributed by atoms with Crippen LogP contribution in [-0.2, 0) is 17.8 Å². The van der Waals surface area contributed by atoms with E-state index in [4.69, 9.17) is 9.47 Å². The number of hydrogen-bond donors (Lipinski definition) is 1. The summed E-state index contributed by atoms with van der Waals surface area (Å²) in [5.74, 6) is 0.376. The second kappa shape index (κ2) is 11.9. The first kappa shape index (κ1) is 24.8. The number of nitro benzene ring substituents is 2. The lowest BCUT2D eigenvalue weighted by molar-refractivity contribution is -0.385. The summed E-state index contributed by atoms with van der Waals surface area (Å²) in [6.45, 7) is 2.30. The first-order chi connectivity index (χ1) is 16.9. The molecule has 35 heavy (non-hydrogen) atoms. The van der Waals surface area contributed by atoms with Gasteiger partial charge in [0.15, 0.2) is 11.5 Å². The minimum Gasteiger partial charge on any atom is -0.490 e. The molecule has 3 rings (SSSR count). The molecule has 0 unspecified atom stereocenters. The van der Waals surface area contributed by atoms with Gasteiger partial charge in [-0.1, -0.05) is 30.3 Å². The Balaban J connectivity index is 1.64. The normalized spacial score (nSPS) is 10.7. The molecule has 180 valence electrons. The van der Waals surface area contributed by atoms with Crippen LogP contribution in [0, 0.1) is 20.2 Å². The molecule has 0 fully saturated rings. The van der Waals surface area contributed by atoms with Gasteiger partial charge in [-0.15, -0.1) is 0 Å². The number of carbonyl (C=O) groups is 1. The maximum Gasteiger partial charge on any atom is 0.273 e. The summed E-state index contributed by atoms with van der Waals surface area (Å²) < 4.78 is 11.4. The average molecular weight is 478 g/mol. The molecule has 0 aliphatic heterocycles. The molecular formula is C24H22N4O7. The van der Waals surface area contributed by atoms with Gasteiger partial charge in [-0.3, -0.25) is 25.0 Å². The van der Waals surface area contributed by atoms with Crippen molar-refractivity contribution in [3.8, 4) is 11.5 Å². The van der Waals surface area contributed by atoms with Crippen LogP contribution in [0.5, 0.6) is 11.5 Å². The molecule has 0 bridgehead atoms. The molecule has 0 saturated heterocycles. The molecule has 0 aliphatic carbocycles. The summed E-state index contributed by atoms with van der Waals surface area (Å²) in [4.78, 5) is 33.2. The summed E-state index contributed by atoms with van der Waals surface area (Å²) >= 11 is 0. The van der Waals surface area contributed by atoms with Gasteiger partial charge in [0, 0.05) is 23.8 Å². The molecule has 0 atom stereocenters. The van der Waals surface area contributed by atoms with E-state index >= 15 is 0 Å². The molecule has 0 radical (unpaired) electrons. The van der Waals surface area contributed by atoms with Crippen molar-refractivity contribution in [1.29, 1.82) is 0 Å². The van der Waals surface area contributed by atoms with Crippen molar-refractivity contribution in [3.05, 3.63) is 104 Å². The number of amides is 1. The monoisotopic (exact) mass is 478 g/mol. The number of hydrogen-bond acceptors (Lipinski definition) is 8. The number of benzene rings is 3. The molecule has 11 heteroatoms. The predicted octanol–water partition coefficient (Wildman–Crippen LogP) is 4.17. The number of non-ortho nitro benzene ring substituents is 1. The van der Waals surface area contributed by atoms with E-state index in [2.05, 4.69) is 10.5 Å². The lowest BCUT2D eigenvalue weighted by Crippen LogP contribution is -2.20. The highest BCUT2D eigenvalue weighted by atomic mass is 16.6. The molecule has 1 amide bonds. The fourth-order valence-corrected chi connectivity index (χ4v) is 3.14. The standard InChI is InChI=1S/C24H22N4O7/c1-2-34-23-13-17(10-11-22(23)35-16-18-6-5-8-20(12-18)27(30)31)15-25-26-24(29)14-19-7-3-4-9-21(19)28(32)33/h3-13,15H,2,14,16H2,1H3,(H,26,29). The van der Waals surface area contributed by atoms with Gasteiger partial charge in [-0.25, -0.2) is 5.43 Å². The number of rotatable bonds is 11. The van der Waals surface area contributed by atoms with E-state index in [1.807, 2.05) is 6.92 Å². The number of carbonyl (C=O) groups excluding carboxylic acids is 1. The van der Waals surface area contributed by atoms with Crippen LogP contribution in [0.3, 0.4) is 0 Å². The molecule has 0 heterocycles. The Kier molecular flexibility index (Phi) is 8.43. The summed E-state index contributed by atoms with van der Waals surface area (Å²) in [6, 6.07) is 17.2. The van der Waals surface area contributed by atoms with Crippen molar-refractivity contribution >= 4 is 23.5 Å². The highest BCUT2D eigenvalue weighted by molar-refractivity contribution is 5.84. The van der Waals surface area contributed by atoms with Crippen LogP contribution >= 0.6 is 0 Å². The smallest absolute Gasteiger partial charge is 0.273 e. The quantitative estimate of drug-likeness (QED) is 0.247. The molecule has 11 nitrogen and oxygen atoms in total. The minimum atomic E-state index is -0.538. The number of para-hydroxylation sites is 1. The van der Waals surface area contributed by atoms with Crippen LogP contribution in [0.4, 0.5) is 11.4 Å². The third-order valence-electron chi connectivity index (χ3n) is 4.73. The average Bonchev–Trinajstić information content (AvgIpc) is 2.84. The summed E-state index contributed by atoms with van der Waals surface area (Å²) in [7, 11) is 0. The Bertz CT molecular complexity index is 1260. The topological polar surface area (TPSA) is 146 Å². The molecule has 3 aromatic carbocycles. The SMILES string of the molecule is CCOc1cc(C=NNC(=O)Cc2ccccc2[N+](=O)[O-])ccc1OCc1cccc([N+](=O)[O-])c1. The second-order valence-electron chi connectivity index (χ2n) is 7.21. The Morgan fingerprint density at radius 1 is 0.971 bits per heavy atom. The predicted molar refractivity (Wildman–Crippen MR) is 128 cm³/mol. The molecule has 0 aromatic heterocycles.